The van der Waals surface area contributed by atoms with Crippen molar-refractivity contribution in [3.05, 3.63) is 29.8 Å². The highest BCUT2D eigenvalue weighted by molar-refractivity contribution is 5.88. The van der Waals surface area contributed by atoms with Crippen molar-refractivity contribution in [3.8, 4) is 11.8 Å². The Kier molecular flexibility index (Phi) is 5.22. The van der Waals surface area contributed by atoms with E-state index >= 15 is 0 Å². The highest BCUT2D eigenvalue weighted by Crippen LogP contribution is 2.21. The Bertz CT molecular complexity index is 403. The first-order chi connectivity index (χ1) is 8.22. The molecule has 3 nitrogen and oxygen atoms in total. The molecule has 0 radical (unpaired) electrons. The average molecular weight is 231 g/mol. The second-order valence-electron chi connectivity index (χ2n) is 3.91. The molecule has 0 spiro atoms. The number of carbonyl (C=O) groups is 1. The maximum Gasteiger partial charge on any atom is 0.154 e. The van der Waals surface area contributed by atoms with Crippen molar-refractivity contribution >= 4 is 5.78 Å². The molecule has 0 saturated carbocycles. The number of benzene rings is 1. The Morgan fingerprint density at radius 3 is 2.53 bits per heavy atom. The van der Waals surface area contributed by atoms with Gasteiger partial charge in [0.2, 0.25) is 0 Å². The van der Waals surface area contributed by atoms with E-state index < -0.39 is 5.92 Å². The first kappa shape index (κ1) is 13.2. The molecule has 0 bridgehead atoms. The number of methoxy groups -OCH3 is 1. The minimum absolute atomic E-state index is 0.000447. The summed E-state index contributed by atoms with van der Waals surface area (Å²) in [6.45, 7) is 2.03. The van der Waals surface area contributed by atoms with Gasteiger partial charge in [-0.1, -0.05) is 25.5 Å². The van der Waals surface area contributed by atoms with E-state index in [4.69, 9.17) is 10.00 Å². The second-order valence-corrected chi connectivity index (χ2v) is 3.91. The van der Waals surface area contributed by atoms with Crippen molar-refractivity contribution < 1.29 is 9.53 Å². The highest BCUT2D eigenvalue weighted by atomic mass is 16.5. The second kappa shape index (κ2) is 6.70. The lowest BCUT2D eigenvalue weighted by Crippen LogP contribution is -2.10. The van der Waals surface area contributed by atoms with Gasteiger partial charge in [0.05, 0.1) is 13.2 Å². The van der Waals surface area contributed by atoms with Crippen molar-refractivity contribution in [1.29, 1.82) is 5.26 Å². The van der Waals surface area contributed by atoms with Crippen LogP contribution in [0.1, 0.15) is 37.7 Å². The number of unbranched alkanes of at least 4 members (excludes halogenated alkanes) is 1. The smallest absolute Gasteiger partial charge is 0.154 e. The quantitative estimate of drug-likeness (QED) is 0.756. The van der Waals surface area contributed by atoms with Crippen LogP contribution >= 0.6 is 0 Å². The number of hydrogen-bond donors (Lipinski definition) is 0. The van der Waals surface area contributed by atoms with Crippen LogP contribution in [0.5, 0.6) is 5.75 Å². The first-order valence-electron chi connectivity index (χ1n) is 5.79. The summed E-state index contributed by atoms with van der Waals surface area (Å²) in [4.78, 5) is 11.8. The monoisotopic (exact) mass is 231 g/mol. The Hall–Kier alpha value is -1.82. The lowest BCUT2D eigenvalue weighted by atomic mass is 9.93. The normalized spacial score (nSPS) is 11.6. The number of rotatable bonds is 6. The van der Waals surface area contributed by atoms with Crippen LogP contribution in [0.25, 0.3) is 0 Å². The molecular formula is C14H17NO2. The van der Waals surface area contributed by atoms with Gasteiger partial charge in [0.1, 0.15) is 11.7 Å². The lowest BCUT2D eigenvalue weighted by molar-refractivity contribution is -0.119. The number of nitrogens with zero attached hydrogens (tertiary/aromatic N) is 1. The zero-order valence-electron chi connectivity index (χ0n) is 10.3. The number of carbonyl (C=O) groups excluding carboxylic acids is 1. The van der Waals surface area contributed by atoms with Crippen LogP contribution in [0.3, 0.4) is 0 Å². The number of Topliss-reactive ketones (excluding diaryl/α,β-unsaturated/α-hetero) is 1. The summed E-state index contributed by atoms with van der Waals surface area (Å²) in [5.74, 6) is 0.0819. The molecule has 0 heterocycles. The summed E-state index contributed by atoms with van der Waals surface area (Å²) in [5, 5.41) is 9.07. The molecule has 1 rings (SSSR count). The van der Waals surface area contributed by atoms with Crippen molar-refractivity contribution in [1.82, 2.24) is 0 Å². The molecule has 1 aromatic rings. The van der Waals surface area contributed by atoms with Crippen molar-refractivity contribution in [2.75, 3.05) is 7.11 Å². The predicted molar refractivity (Wildman–Crippen MR) is 65.9 cm³/mol. The molecule has 17 heavy (non-hydrogen) atoms. The van der Waals surface area contributed by atoms with Crippen LogP contribution in [-0.4, -0.2) is 12.9 Å². The van der Waals surface area contributed by atoms with Gasteiger partial charge in [-0.25, -0.2) is 0 Å². The molecule has 90 valence electrons. The summed E-state index contributed by atoms with van der Waals surface area (Å²) in [6, 6.07) is 9.16. The van der Waals surface area contributed by atoms with Crippen LogP contribution < -0.4 is 4.74 Å². The maximum atomic E-state index is 11.8. The van der Waals surface area contributed by atoms with Gasteiger partial charge in [-0.15, -0.1) is 0 Å². The Morgan fingerprint density at radius 2 is 2.06 bits per heavy atom. The van der Waals surface area contributed by atoms with Crippen LogP contribution in [-0.2, 0) is 4.79 Å². The van der Waals surface area contributed by atoms with Gasteiger partial charge in [-0.2, -0.15) is 5.26 Å². The topological polar surface area (TPSA) is 50.1 Å². The highest BCUT2D eigenvalue weighted by Gasteiger charge is 2.19. The van der Waals surface area contributed by atoms with Gasteiger partial charge in [0.25, 0.3) is 0 Å². The Balaban J connectivity index is 2.79. The Labute approximate surface area is 102 Å². The van der Waals surface area contributed by atoms with Crippen molar-refractivity contribution in [2.24, 2.45) is 0 Å². The number of hydrogen-bond acceptors (Lipinski definition) is 3. The molecule has 0 amide bonds. The van der Waals surface area contributed by atoms with Gasteiger partial charge in [0.15, 0.2) is 5.78 Å². The minimum atomic E-state index is -0.646. The van der Waals surface area contributed by atoms with E-state index in [0.717, 1.165) is 24.2 Å². The molecular weight excluding hydrogens is 214 g/mol. The summed E-state index contributed by atoms with van der Waals surface area (Å²) in [7, 11) is 1.59. The van der Waals surface area contributed by atoms with Crippen LogP contribution in [0.4, 0.5) is 0 Å². The summed E-state index contributed by atoms with van der Waals surface area (Å²) in [5.41, 5.74) is 0.745. The molecule has 1 atom stereocenters. The number of ether oxygens (including phenoxy) is 1. The van der Waals surface area contributed by atoms with E-state index in [1.54, 1.807) is 31.4 Å². The van der Waals surface area contributed by atoms with Crippen molar-refractivity contribution in [2.45, 2.75) is 32.1 Å². The fourth-order valence-electron chi connectivity index (χ4n) is 1.62. The minimum Gasteiger partial charge on any atom is -0.497 e. The number of ketones is 1. The zero-order chi connectivity index (χ0) is 12.7. The summed E-state index contributed by atoms with van der Waals surface area (Å²) >= 11 is 0. The molecule has 0 aliphatic carbocycles. The molecule has 0 saturated heterocycles. The van der Waals surface area contributed by atoms with E-state index in [2.05, 4.69) is 6.07 Å². The molecule has 0 aromatic heterocycles. The van der Waals surface area contributed by atoms with Gasteiger partial charge in [-0.3, -0.25) is 4.79 Å². The zero-order valence-corrected chi connectivity index (χ0v) is 10.3. The summed E-state index contributed by atoms with van der Waals surface area (Å²) < 4.78 is 5.04. The van der Waals surface area contributed by atoms with E-state index in [9.17, 15) is 4.79 Å². The number of nitriles is 1. The van der Waals surface area contributed by atoms with Crippen molar-refractivity contribution in [3.63, 3.8) is 0 Å². The average Bonchev–Trinajstić information content (AvgIpc) is 2.38. The van der Waals surface area contributed by atoms with Gasteiger partial charge >= 0.3 is 0 Å². The molecule has 1 aromatic carbocycles. The van der Waals surface area contributed by atoms with E-state index in [0.29, 0.717) is 6.42 Å². The van der Waals surface area contributed by atoms with Crippen LogP contribution in [0.2, 0.25) is 0 Å². The summed E-state index contributed by atoms with van der Waals surface area (Å²) in [6.07, 6.45) is 2.28. The third-order valence-corrected chi connectivity index (χ3v) is 2.68. The maximum absolute atomic E-state index is 11.8. The third kappa shape index (κ3) is 3.60. The lowest BCUT2D eigenvalue weighted by Gasteiger charge is -2.08. The SMILES string of the molecule is CCCCC(=O)C(C#N)c1ccc(OC)cc1. The Morgan fingerprint density at radius 1 is 1.41 bits per heavy atom. The van der Waals surface area contributed by atoms with Crippen LogP contribution in [0, 0.1) is 11.3 Å². The molecule has 3 heteroatoms. The molecule has 0 N–H and O–H groups in total. The van der Waals surface area contributed by atoms with Crippen LogP contribution in [0.15, 0.2) is 24.3 Å². The largest absolute Gasteiger partial charge is 0.497 e. The van der Waals surface area contributed by atoms with E-state index in [1.165, 1.54) is 0 Å². The van der Waals surface area contributed by atoms with E-state index in [-0.39, 0.29) is 5.78 Å². The van der Waals surface area contributed by atoms with Gasteiger partial charge in [0, 0.05) is 6.42 Å². The first-order valence-corrected chi connectivity index (χ1v) is 5.79. The third-order valence-electron chi connectivity index (χ3n) is 2.68. The molecule has 0 aliphatic rings. The van der Waals surface area contributed by atoms with Gasteiger partial charge < -0.3 is 4.74 Å². The predicted octanol–water partition coefficient (Wildman–Crippen LogP) is 3.06. The fraction of sp³-hybridized carbons (Fsp3) is 0.429. The fourth-order valence-corrected chi connectivity index (χ4v) is 1.62. The molecule has 1 unspecified atom stereocenters. The molecule has 0 fully saturated rings. The standard InChI is InChI=1S/C14H17NO2/c1-3-4-5-14(16)13(10-15)11-6-8-12(17-2)9-7-11/h6-9,13H,3-5H2,1-2H3. The van der Waals surface area contributed by atoms with Gasteiger partial charge in [-0.05, 0) is 24.1 Å². The molecule has 0 aliphatic heterocycles. The van der Waals surface area contributed by atoms with E-state index in [1.807, 2.05) is 6.92 Å².